The van der Waals surface area contributed by atoms with Crippen LogP contribution in [0.3, 0.4) is 0 Å². The summed E-state index contributed by atoms with van der Waals surface area (Å²) in [4.78, 5) is 10.3. The SMILES string of the molecule is CCNC(=NCCCc1ccccc1Cl)NCCc1ncc(C)s1.I. The van der Waals surface area contributed by atoms with E-state index in [2.05, 4.69) is 40.5 Å². The van der Waals surface area contributed by atoms with Crippen molar-refractivity contribution in [2.24, 2.45) is 4.99 Å². The summed E-state index contributed by atoms with van der Waals surface area (Å²) in [7, 11) is 0. The molecule has 0 saturated carbocycles. The zero-order chi connectivity index (χ0) is 17.2. The van der Waals surface area contributed by atoms with E-state index in [4.69, 9.17) is 11.6 Å². The van der Waals surface area contributed by atoms with Crippen LogP contribution in [-0.2, 0) is 12.8 Å². The molecule has 1 heterocycles. The molecule has 4 nitrogen and oxygen atoms in total. The van der Waals surface area contributed by atoms with E-state index in [0.717, 1.165) is 54.9 Å². The maximum atomic E-state index is 6.18. The van der Waals surface area contributed by atoms with Gasteiger partial charge in [0.25, 0.3) is 0 Å². The lowest BCUT2D eigenvalue weighted by Gasteiger charge is -2.10. The molecule has 0 aliphatic carbocycles. The largest absolute Gasteiger partial charge is 0.357 e. The van der Waals surface area contributed by atoms with E-state index in [1.54, 1.807) is 11.3 Å². The normalized spacial score (nSPS) is 11.1. The van der Waals surface area contributed by atoms with E-state index in [1.807, 2.05) is 24.4 Å². The number of aliphatic imine (C=N–C) groups is 1. The number of hydrogen-bond donors (Lipinski definition) is 2. The number of nitrogens with zero attached hydrogens (tertiary/aromatic N) is 2. The maximum absolute atomic E-state index is 6.18. The molecule has 2 rings (SSSR count). The third-order valence-electron chi connectivity index (χ3n) is 3.48. The molecule has 0 atom stereocenters. The van der Waals surface area contributed by atoms with Crippen LogP contribution in [0.25, 0.3) is 0 Å². The van der Waals surface area contributed by atoms with Crippen LogP contribution in [-0.4, -0.2) is 30.6 Å². The van der Waals surface area contributed by atoms with Gasteiger partial charge in [0.15, 0.2) is 5.96 Å². The van der Waals surface area contributed by atoms with Crippen LogP contribution >= 0.6 is 46.9 Å². The number of aryl methyl sites for hydroxylation is 2. The molecule has 2 aromatic rings. The lowest BCUT2D eigenvalue weighted by atomic mass is 10.1. The van der Waals surface area contributed by atoms with Gasteiger partial charge in [-0.3, -0.25) is 4.99 Å². The number of benzene rings is 1. The summed E-state index contributed by atoms with van der Waals surface area (Å²) in [5, 5.41) is 8.65. The van der Waals surface area contributed by atoms with Crippen molar-refractivity contribution >= 4 is 52.9 Å². The predicted octanol–water partition coefficient (Wildman–Crippen LogP) is 4.45. The van der Waals surface area contributed by atoms with Crippen molar-refractivity contribution in [2.45, 2.75) is 33.1 Å². The molecule has 138 valence electrons. The first-order chi connectivity index (χ1) is 11.7. The van der Waals surface area contributed by atoms with Gasteiger partial charge in [0.05, 0.1) is 5.01 Å². The highest BCUT2D eigenvalue weighted by Gasteiger charge is 2.02. The van der Waals surface area contributed by atoms with Crippen molar-refractivity contribution < 1.29 is 0 Å². The van der Waals surface area contributed by atoms with Gasteiger partial charge >= 0.3 is 0 Å². The highest BCUT2D eigenvalue weighted by molar-refractivity contribution is 14.0. The molecule has 25 heavy (non-hydrogen) atoms. The Bertz CT molecular complexity index is 660. The quantitative estimate of drug-likeness (QED) is 0.248. The van der Waals surface area contributed by atoms with E-state index in [0.29, 0.717) is 0 Å². The van der Waals surface area contributed by atoms with Crippen LogP contribution in [0.2, 0.25) is 5.02 Å². The van der Waals surface area contributed by atoms with Crippen molar-refractivity contribution in [3.05, 3.63) is 50.9 Å². The minimum Gasteiger partial charge on any atom is -0.357 e. The molecule has 2 N–H and O–H groups in total. The minimum atomic E-state index is 0. The standard InChI is InChI=1S/C18H25ClN4S.HI/c1-3-20-18(22-12-10-17-23-13-14(2)24-17)21-11-6-8-15-7-4-5-9-16(15)19;/h4-5,7,9,13H,3,6,8,10-12H2,1-2H3,(H2,20,21,22);1H. The topological polar surface area (TPSA) is 49.3 Å². The number of nitrogens with one attached hydrogen (secondary N) is 2. The molecular formula is C18H26ClIN4S. The summed E-state index contributed by atoms with van der Waals surface area (Å²) in [6.07, 6.45) is 4.77. The van der Waals surface area contributed by atoms with E-state index in [-0.39, 0.29) is 24.0 Å². The second-order valence-electron chi connectivity index (χ2n) is 5.50. The summed E-state index contributed by atoms with van der Waals surface area (Å²) in [6, 6.07) is 8.00. The van der Waals surface area contributed by atoms with Crippen LogP contribution < -0.4 is 10.6 Å². The summed E-state index contributed by atoms with van der Waals surface area (Å²) < 4.78 is 0. The molecular weight excluding hydrogens is 467 g/mol. The minimum absolute atomic E-state index is 0. The number of rotatable bonds is 8. The molecule has 1 aromatic carbocycles. The number of guanidine groups is 1. The Morgan fingerprint density at radius 1 is 1.24 bits per heavy atom. The molecule has 0 radical (unpaired) electrons. The van der Waals surface area contributed by atoms with Crippen LogP contribution in [0.4, 0.5) is 0 Å². The van der Waals surface area contributed by atoms with E-state index >= 15 is 0 Å². The highest BCUT2D eigenvalue weighted by atomic mass is 127. The van der Waals surface area contributed by atoms with Crippen molar-refractivity contribution in [1.29, 1.82) is 0 Å². The monoisotopic (exact) mass is 492 g/mol. The highest BCUT2D eigenvalue weighted by Crippen LogP contribution is 2.16. The molecule has 0 spiro atoms. The molecule has 1 aromatic heterocycles. The van der Waals surface area contributed by atoms with Gasteiger partial charge in [-0.15, -0.1) is 35.3 Å². The average Bonchev–Trinajstić information content (AvgIpc) is 2.98. The Labute approximate surface area is 176 Å². The Morgan fingerprint density at radius 3 is 2.72 bits per heavy atom. The molecule has 0 saturated heterocycles. The summed E-state index contributed by atoms with van der Waals surface area (Å²) in [5.74, 6) is 0.866. The van der Waals surface area contributed by atoms with Gasteiger partial charge < -0.3 is 10.6 Å². The molecule has 0 fully saturated rings. The zero-order valence-corrected chi connectivity index (χ0v) is 18.6. The number of aromatic nitrogens is 1. The Balaban J connectivity index is 0.00000312. The van der Waals surface area contributed by atoms with Crippen LogP contribution in [0.15, 0.2) is 35.5 Å². The summed E-state index contributed by atoms with van der Waals surface area (Å²) >= 11 is 7.93. The first-order valence-electron chi connectivity index (χ1n) is 8.36. The van der Waals surface area contributed by atoms with Gasteiger partial charge in [-0.25, -0.2) is 4.98 Å². The van der Waals surface area contributed by atoms with Crippen molar-refractivity contribution in [2.75, 3.05) is 19.6 Å². The smallest absolute Gasteiger partial charge is 0.191 e. The van der Waals surface area contributed by atoms with E-state index < -0.39 is 0 Å². The van der Waals surface area contributed by atoms with Crippen molar-refractivity contribution in [1.82, 2.24) is 15.6 Å². The van der Waals surface area contributed by atoms with Gasteiger partial charge in [0, 0.05) is 42.2 Å². The fourth-order valence-corrected chi connectivity index (χ4v) is 3.32. The maximum Gasteiger partial charge on any atom is 0.191 e. The second-order valence-corrected chi connectivity index (χ2v) is 7.22. The first-order valence-corrected chi connectivity index (χ1v) is 9.55. The fraction of sp³-hybridized carbons (Fsp3) is 0.444. The fourth-order valence-electron chi connectivity index (χ4n) is 2.31. The van der Waals surface area contributed by atoms with Gasteiger partial charge in [0.2, 0.25) is 0 Å². The van der Waals surface area contributed by atoms with Crippen LogP contribution in [0, 0.1) is 6.92 Å². The lowest BCUT2D eigenvalue weighted by molar-refractivity contribution is 0.775. The van der Waals surface area contributed by atoms with E-state index in [9.17, 15) is 0 Å². The van der Waals surface area contributed by atoms with Crippen LogP contribution in [0.5, 0.6) is 0 Å². The Hall–Kier alpha value is -0.860. The zero-order valence-electron chi connectivity index (χ0n) is 14.7. The Morgan fingerprint density at radius 2 is 2.04 bits per heavy atom. The van der Waals surface area contributed by atoms with Gasteiger partial charge in [0.1, 0.15) is 0 Å². The summed E-state index contributed by atoms with van der Waals surface area (Å²) in [6.45, 7) is 6.62. The van der Waals surface area contributed by atoms with E-state index in [1.165, 1.54) is 10.4 Å². The number of hydrogen-bond acceptors (Lipinski definition) is 3. The van der Waals surface area contributed by atoms with Crippen molar-refractivity contribution in [3.63, 3.8) is 0 Å². The summed E-state index contributed by atoms with van der Waals surface area (Å²) in [5.41, 5.74) is 1.19. The number of thiazole rings is 1. The molecule has 0 aliphatic rings. The van der Waals surface area contributed by atoms with Gasteiger partial charge in [-0.1, -0.05) is 29.8 Å². The lowest BCUT2D eigenvalue weighted by Crippen LogP contribution is -2.38. The van der Waals surface area contributed by atoms with Crippen molar-refractivity contribution in [3.8, 4) is 0 Å². The first kappa shape index (κ1) is 22.2. The molecule has 0 aliphatic heterocycles. The van der Waals surface area contributed by atoms with Crippen LogP contribution in [0.1, 0.15) is 28.8 Å². The Kier molecular flexibility index (Phi) is 11.1. The number of halogens is 2. The molecule has 0 amide bonds. The molecule has 0 bridgehead atoms. The molecule has 7 heteroatoms. The molecule has 0 unspecified atom stereocenters. The second kappa shape index (κ2) is 12.5. The third kappa shape index (κ3) is 8.37. The van der Waals surface area contributed by atoms with Gasteiger partial charge in [-0.05, 0) is 38.3 Å². The average molecular weight is 493 g/mol. The van der Waals surface area contributed by atoms with Gasteiger partial charge in [-0.2, -0.15) is 0 Å². The third-order valence-corrected chi connectivity index (χ3v) is 4.82. The predicted molar refractivity (Wildman–Crippen MR) is 120 cm³/mol.